The van der Waals surface area contributed by atoms with Gasteiger partial charge in [-0.25, -0.2) is 18.3 Å². The molecule has 1 aromatic rings. The quantitative estimate of drug-likeness (QED) is 0.399. The Morgan fingerprint density at radius 3 is 2.67 bits per heavy atom. The highest BCUT2D eigenvalue weighted by Gasteiger charge is 2.62. The van der Waals surface area contributed by atoms with Crippen LogP contribution in [0, 0.1) is 5.92 Å². The first-order chi connectivity index (χ1) is 22.7. The molecule has 4 heterocycles. The maximum atomic E-state index is 13.9. The van der Waals surface area contributed by atoms with E-state index in [1.54, 1.807) is 18.2 Å². The van der Waals surface area contributed by atoms with Crippen LogP contribution >= 0.6 is 11.6 Å². The summed E-state index contributed by atoms with van der Waals surface area (Å²) in [7, 11) is -4.63. The monoisotopic (exact) mass is 712 g/mol. The minimum Gasteiger partial charge on any atom is -0.444 e. The van der Waals surface area contributed by atoms with Gasteiger partial charge in [-0.15, -0.1) is 0 Å². The molecule has 4 amide bonds. The van der Waals surface area contributed by atoms with E-state index in [1.807, 2.05) is 16.9 Å². The standard InChI is InChI=1S/C31H39ClF2N6O7S/c32-23-9-6-7-19-15-38(17-22(19)23)29(44)47-21-13-25-26(41)36-31(28(43)37-48(45,46)39-12-11-30(33,34)18-39)14-20(31)8-4-2-1-3-5-10-24(35)27(42)40(25)16-21/h4,6-9,20-21,24-25H,1-3,5,10-18,35H2,(H,36,41)(H,37,43)/b8-4-/t20-,21-,24+,25+,31-/m1/s1. The average Bonchev–Trinajstić information content (AvgIpc) is 3.36. The van der Waals surface area contributed by atoms with Crippen molar-refractivity contribution in [2.24, 2.45) is 11.7 Å². The molecular weight excluding hydrogens is 674 g/mol. The second kappa shape index (κ2) is 13.2. The van der Waals surface area contributed by atoms with Crippen molar-refractivity contribution < 1.29 is 41.1 Å². The maximum absolute atomic E-state index is 13.9. The van der Waals surface area contributed by atoms with E-state index in [0.717, 1.165) is 24.0 Å². The molecule has 262 valence electrons. The molecule has 17 heteroatoms. The predicted octanol–water partition coefficient (Wildman–Crippen LogP) is 2.19. The van der Waals surface area contributed by atoms with Gasteiger partial charge in [-0.2, -0.15) is 12.7 Å². The average molecular weight is 713 g/mol. The van der Waals surface area contributed by atoms with E-state index in [2.05, 4.69) is 5.32 Å². The number of hydrogen-bond acceptors (Lipinski definition) is 8. The Morgan fingerprint density at radius 2 is 1.94 bits per heavy atom. The number of amides is 4. The second-order valence-electron chi connectivity index (χ2n) is 13.3. The van der Waals surface area contributed by atoms with Gasteiger partial charge in [-0.3, -0.25) is 19.3 Å². The van der Waals surface area contributed by atoms with Crippen LogP contribution in [-0.2, 0) is 42.4 Å². The lowest BCUT2D eigenvalue weighted by Gasteiger charge is -2.28. The van der Waals surface area contributed by atoms with E-state index >= 15 is 0 Å². The molecular formula is C31H39ClF2N6O7S. The fourth-order valence-electron chi connectivity index (χ4n) is 6.97. The number of alkyl halides is 2. The molecule has 4 N–H and O–H groups in total. The van der Waals surface area contributed by atoms with Gasteiger partial charge in [-0.05, 0) is 42.9 Å². The number of carbonyl (C=O) groups is 4. The largest absolute Gasteiger partial charge is 0.444 e. The van der Waals surface area contributed by atoms with Crippen molar-refractivity contribution in [1.82, 2.24) is 24.1 Å². The van der Waals surface area contributed by atoms with Crippen molar-refractivity contribution in [3.05, 3.63) is 46.5 Å². The molecule has 4 aliphatic heterocycles. The van der Waals surface area contributed by atoms with Gasteiger partial charge < -0.3 is 20.7 Å². The molecule has 5 atom stereocenters. The molecule has 0 unspecified atom stereocenters. The first-order valence-electron chi connectivity index (χ1n) is 16.2. The van der Waals surface area contributed by atoms with Gasteiger partial charge in [0.25, 0.3) is 11.8 Å². The number of benzene rings is 1. The van der Waals surface area contributed by atoms with Gasteiger partial charge >= 0.3 is 16.3 Å². The van der Waals surface area contributed by atoms with Crippen LogP contribution in [0.5, 0.6) is 0 Å². The van der Waals surface area contributed by atoms with Gasteiger partial charge in [0.1, 0.15) is 17.7 Å². The molecule has 1 aliphatic carbocycles. The molecule has 0 radical (unpaired) electrons. The minimum absolute atomic E-state index is 0.0590. The third kappa shape index (κ3) is 7.03. The summed E-state index contributed by atoms with van der Waals surface area (Å²) in [6.07, 6.45) is 4.64. The van der Waals surface area contributed by atoms with Crippen molar-refractivity contribution in [2.45, 2.75) is 94.1 Å². The summed E-state index contributed by atoms with van der Waals surface area (Å²) in [6, 6.07) is 3.29. The number of halogens is 3. The SMILES string of the molecule is N[C@H]1CCCCC/C=C\[C@@H]2C[C@@]2(C(=O)NS(=O)(=O)N2CCC(F)(F)C2)NC(=O)[C@@H]2C[C@@H](OC(=O)N3Cc4cccc(Cl)c4C3)CN2C1=O. The fraction of sp³-hybridized carbons (Fsp3) is 0.613. The summed E-state index contributed by atoms with van der Waals surface area (Å²) in [4.78, 5) is 57.0. The Hall–Kier alpha value is -3.34. The van der Waals surface area contributed by atoms with Gasteiger partial charge in [0.05, 0.1) is 25.7 Å². The fourth-order valence-corrected chi connectivity index (χ4v) is 8.46. The normalized spacial score (nSPS) is 31.5. The molecule has 13 nitrogen and oxygen atoms in total. The Bertz CT molecular complexity index is 1630. The second-order valence-corrected chi connectivity index (χ2v) is 15.4. The molecule has 0 bridgehead atoms. The van der Waals surface area contributed by atoms with Crippen LogP contribution in [0.15, 0.2) is 30.4 Å². The highest BCUT2D eigenvalue weighted by molar-refractivity contribution is 7.87. The summed E-state index contributed by atoms with van der Waals surface area (Å²) >= 11 is 6.30. The van der Waals surface area contributed by atoms with E-state index < -0.39 is 89.1 Å². The number of allylic oxidation sites excluding steroid dienone is 1. The Morgan fingerprint density at radius 1 is 1.15 bits per heavy atom. The summed E-state index contributed by atoms with van der Waals surface area (Å²) in [6.45, 7) is -1.12. The number of fused-ring (bicyclic) bond motifs is 3. The molecule has 5 aliphatic rings. The van der Waals surface area contributed by atoms with E-state index in [9.17, 15) is 36.4 Å². The van der Waals surface area contributed by atoms with Crippen LogP contribution in [0.1, 0.15) is 62.5 Å². The number of ether oxygens (including phenoxy) is 1. The molecule has 1 saturated carbocycles. The van der Waals surface area contributed by atoms with Crippen LogP contribution in [0.2, 0.25) is 5.02 Å². The first kappa shape index (κ1) is 34.5. The summed E-state index contributed by atoms with van der Waals surface area (Å²) in [5.41, 5.74) is 6.27. The Kier molecular flexibility index (Phi) is 9.47. The highest BCUT2D eigenvalue weighted by Crippen LogP contribution is 2.46. The Labute approximate surface area is 282 Å². The number of nitrogens with one attached hydrogen (secondary N) is 2. The van der Waals surface area contributed by atoms with Gasteiger partial charge in [0, 0.05) is 36.9 Å². The molecule has 6 rings (SSSR count). The molecule has 1 aromatic carbocycles. The van der Waals surface area contributed by atoms with E-state index in [4.69, 9.17) is 22.1 Å². The van der Waals surface area contributed by atoms with E-state index in [1.165, 1.54) is 9.80 Å². The van der Waals surface area contributed by atoms with Crippen molar-refractivity contribution in [2.75, 3.05) is 19.6 Å². The predicted molar refractivity (Wildman–Crippen MR) is 168 cm³/mol. The first-order valence-corrected chi connectivity index (χ1v) is 18.0. The highest BCUT2D eigenvalue weighted by atomic mass is 35.5. The van der Waals surface area contributed by atoms with Crippen LogP contribution in [0.3, 0.4) is 0 Å². The Balaban J connectivity index is 1.20. The van der Waals surface area contributed by atoms with Gasteiger partial charge in [0.2, 0.25) is 11.8 Å². The molecule has 0 spiro atoms. The maximum Gasteiger partial charge on any atom is 0.410 e. The molecule has 3 fully saturated rings. The lowest BCUT2D eigenvalue weighted by molar-refractivity contribution is -0.140. The van der Waals surface area contributed by atoms with Gasteiger partial charge in [0.15, 0.2) is 0 Å². The van der Waals surface area contributed by atoms with E-state index in [0.29, 0.717) is 28.6 Å². The minimum atomic E-state index is -4.63. The lowest BCUT2D eigenvalue weighted by atomic mass is 10.1. The molecule has 48 heavy (non-hydrogen) atoms. The summed E-state index contributed by atoms with van der Waals surface area (Å²) in [5, 5.41) is 3.22. The zero-order chi connectivity index (χ0) is 34.4. The van der Waals surface area contributed by atoms with E-state index in [-0.39, 0.29) is 32.5 Å². The van der Waals surface area contributed by atoms with Crippen LogP contribution in [0.4, 0.5) is 13.6 Å². The number of nitrogens with two attached hydrogens (primary N) is 1. The van der Waals surface area contributed by atoms with Crippen molar-refractivity contribution in [3.8, 4) is 0 Å². The molecule has 2 saturated heterocycles. The third-order valence-electron chi connectivity index (χ3n) is 9.83. The van der Waals surface area contributed by atoms with Crippen molar-refractivity contribution in [1.29, 1.82) is 0 Å². The zero-order valence-corrected chi connectivity index (χ0v) is 27.8. The number of hydrogen-bond donors (Lipinski definition) is 3. The topological polar surface area (TPSA) is 171 Å². The zero-order valence-electron chi connectivity index (χ0n) is 26.2. The number of rotatable bonds is 4. The van der Waals surface area contributed by atoms with Crippen molar-refractivity contribution >= 4 is 45.6 Å². The smallest absolute Gasteiger partial charge is 0.410 e. The van der Waals surface area contributed by atoms with Gasteiger partial charge in [-0.1, -0.05) is 48.7 Å². The van der Waals surface area contributed by atoms with Crippen molar-refractivity contribution in [3.63, 3.8) is 0 Å². The van der Waals surface area contributed by atoms with Crippen LogP contribution in [0.25, 0.3) is 0 Å². The number of nitrogens with zero attached hydrogens (tertiary/aromatic N) is 3. The van der Waals surface area contributed by atoms with Crippen LogP contribution in [-0.4, -0.2) is 95.6 Å². The lowest BCUT2D eigenvalue weighted by Crippen LogP contribution is -2.58. The number of carbonyl (C=O) groups excluding carboxylic acids is 4. The summed E-state index contributed by atoms with van der Waals surface area (Å²) < 4.78 is 61.6. The van der Waals surface area contributed by atoms with Crippen LogP contribution < -0.4 is 15.8 Å². The molecule has 0 aromatic heterocycles. The third-order valence-corrected chi connectivity index (χ3v) is 11.6. The summed E-state index contributed by atoms with van der Waals surface area (Å²) in [5.74, 6) is -6.12.